The van der Waals surface area contributed by atoms with Crippen LogP contribution in [0.15, 0.2) is 29.2 Å². The van der Waals surface area contributed by atoms with Gasteiger partial charge in [0.05, 0.1) is 16.5 Å². The number of likely N-dealkylation sites (tertiary alicyclic amines) is 1. The lowest BCUT2D eigenvalue weighted by Crippen LogP contribution is -2.54. The molecule has 1 amide bonds. The second-order valence-electron chi connectivity index (χ2n) is 8.09. The summed E-state index contributed by atoms with van der Waals surface area (Å²) in [4.78, 5) is 13.8. The molecule has 1 aliphatic rings. The van der Waals surface area contributed by atoms with Gasteiger partial charge in [-0.15, -0.1) is 0 Å². The van der Waals surface area contributed by atoms with Crippen LogP contribution in [-0.2, 0) is 21.0 Å². The molecule has 3 N–H and O–H groups in total. The average molecular weight is 421 g/mol. The van der Waals surface area contributed by atoms with Gasteiger partial charge in [0.1, 0.15) is 0 Å². The maximum atomic E-state index is 12.6. The maximum absolute atomic E-state index is 12.6. The molecule has 28 heavy (non-hydrogen) atoms. The van der Waals surface area contributed by atoms with Crippen LogP contribution in [0, 0.1) is 5.41 Å². The second kappa shape index (κ2) is 8.00. The van der Waals surface area contributed by atoms with Crippen molar-refractivity contribution in [3.8, 4) is 0 Å². The van der Waals surface area contributed by atoms with Crippen LogP contribution < -0.4 is 10.5 Å². The van der Waals surface area contributed by atoms with E-state index in [0.717, 1.165) is 24.3 Å². The molecule has 1 fully saturated rings. The highest BCUT2D eigenvalue weighted by Gasteiger charge is 2.34. The maximum Gasteiger partial charge on any atom is 0.416 e. The molecule has 0 aliphatic carbocycles. The largest absolute Gasteiger partial charge is 0.416 e. The van der Waals surface area contributed by atoms with Gasteiger partial charge in [0, 0.05) is 19.1 Å². The predicted molar refractivity (Wildman–Crippen MR) is 98.8 cm³/mol. The Bertz CT molecular complexity index is 794. The lowest BCUT2D eigenvalue weighted by Gasteiger charge is -2.36. The van der Waals surface area contributed by atoms with Gasteiger partial charge in [-0.3, -0.25) is 4.79 Å². The van der Waals surface area contributed by atoms with E-state index in [1.165, 1.54) is 0 Å². The summed E-state index contributed by atoms with van der Waals surface area (Å²) < 4.78 is 65.2. The zero-order valence-electron chi connectivity index (χ0n) is 16.1. The quantitative estimate of drug-likeness (QED) is 0.781. The summed E-state index contributed by atoms with van der Waals surface area (Å²) in [6.07, 6.45) is -3.71. The Morgan fingerprint density at radius 2 is 1.64 bits per heavy atom. The van der Waals surface area contributed by atoms with Crippen LogP contribution in [0.25, 0.3) is 0 Å². The van der Waals surface area contributed by atoms with Gasteiger partial charge in [0.15, 0.2) is 0 Å². The van der Waals surface area contributed by atoms with Gasteiger partial charge < -0.3 is 10.6 Å². The lowest BCUT2D eigenvalue weighted by molar-refractivity contribution is -0.138. The van der Waals surface area contributed by atoms with E-state index >= 15 is 0 Å². The van der Waals surface area contributed by atoms with Gasteiger partial charge in [0.2, 0.25) is 15.9 Å². The van der Waals surface area contributed by atoms with Crippen LogP contribution in [0.2, 0.25) is 0 Å². The van der Waals surface area contributed by atoms with Crippen molar-refractivity contribution in [3.63, 3.8) is 0 Å². The number of nitrogens with one attached hydrogen (secondary N) is 1. The van der Waals surface area contributed by atoms with Crippen molar-refractivity contribution < 1.29 is 26.4 Å². The van der Waals surface area contributed by atoms with E-state index in [4.69, 9.17) is 5.73 Å². The Morgan fingerprint density at radius 1 is 1.14 bits per heavy atom. The third kappa shape index (κ3) is 5.45. The number of alkyl halides is 3. The number of benzene rings is 1. The molecule has 1 unspecified atom stereocenters. The summed E-state index contributed by atoms with van der Waals surface area (Å²) in [6, 6.07) is 2.31. The molecule has 0 radical (unpaired) electrons. The first-order chi connectivity index (χ1) is 12.7. The Labute approximate surface area is 163 Å². The van der Waals surface area contributed by atoms with E-state index in [1.807, 2.05) is 20.8 Å². The third-order valence-corrected chi connectivity index (χ3v) is 6.36. The van der Waals surface area contributed by atoms with E-state index in [0.29, 0.717) is 25.9 Å². The number of amides is 1. The monoisotopic (exact) mass is 421 g/mol. The summed E-state index contributed by atoms with van der Waals surface area (Å²) in [5.41, 5.74) is 4.71. The minimum absolute atomic E-state index is 0.170. The van der Waals surface area contributed by atoms with Crippen LogP contribution in [0.5, 0.6) is 0 Å². The Morgan fingerprint density at radius 3 is 2.07 bits per heavy atom. The average Bonchev–Trinajstić information content (AvgIpc) is 2.59. The number of hydrogen-bond acceptors (Lipinski definition) is 4. The van der Waals surface area contributed by atoms with Crippen LogP contribution in [0.3, 0.4) is 0 Å². The fourth-order valence-electron chi connectivity index (χ4n) is 2.90. The SMILES string of the molecule is CC(C)(C)C(N)C(=O)N1CCC(NS(=O)(=O)c2ccc(C(F)(F)F)cc2)CC1. The first-order valence-electron chi connectivity index (χ1n) is 8.96. The zero-order chi connectivity index (χ0) is 21.3. The van der Waals surface area contributed by atoms with Gasteiger partial charge in [0.25, 0.3) is 0 Å². The molecule has 1 atom stereocenters. The Balaban J connectivity index is 1.97. The summed E-state index contributed by atoms with van der Waals surface area (Å²) in [7, 11) is -3.94. The van der Waals surface area contributed by atoms with Crippen molar-refractivity contribution in [2.45, 2.75) is 56.8 Å². The third-order valence-electron chi connectivity index (χ3n) is 4.82. The number of nitrogens with two attached hydrogens (primary N) is 1. The fraction of sp³-hybridized carbons (Fsp3) is 0.611. The highest BCUT2D eigenvalue weighted by Crippen LogP contribution is 2.30. The molecule has 10 heteroatoms. The smallest absolute Gasteiger partial charge is 0.341 e. The van der Waals surface area contributed by atoms with Gasteiger partial charge >= 0.3 is 6.18 Å². The minimum Gasteiger partial charge on any atom is -0.341 e. The molecular formula is C18H26F3N3O3S. The fourth-order valence-corrected chi connectivity index (χ4v) is 4.20. The van der Waals surface area contributed by atoms with Crippen molar-refractivity contribution in [1.29, 1.82) is 0 Å². The molecule has 1 heterocycles. The lowest BCUT2D eigenvalue weighted by atomic mass is 9.86. The number of halogens is 3. The minimum atomic E-state index is -4.52. The van der Waals surface area contributed by atoms with Crippen molar-refractivity contribution in [1.82, 2.24) is 9.62 Å². The summed E-state index contributed by atoms with van der Waals surface area (Å²) in [5.74, 6) is -0.170. The molecule has 0 bridgehead atoms. The van der Waals surface area contributed by atoms with Crippen molar-refractivity contribution >= 4 is 15.9 Å². The highest BCUT2D eigenvalue weighted by atomic mass is 32.2. The van der Waals surface area contributed by atoms with Crippen LogP contribution >= 0.6 is 0 Å². The number of sulfonamides is 1. The number of carbonyl (C=O) groups excluding carboxylic acids is 1. The van der Waals surface area contributed by atoms with Gasteiger partial charge in [-0.1, -0.05) is 20.8 Å². The Kier molecular flexibility index (Phi) is 6.47. The van der Waals surface area contributed by atoms with E-state index in [-0.39, 0.29) is 16.2 Å². The van der Waals surface area contributed by atoms with E-state index < -0.39 is 33.8 Å². The van der Waals surface area contributed by atoms with Crippen molar-refractivity contribution in [2.24, 2.45) is 11.1 Å². The molecule has 2 rings (SSSR count). The molecule has 1 aromatic rings. The number of hydrogen-bond donors (Lipinski definition) is 2. The number of carbonyl (C=O) groups is 1. The van der Waals surface area contributed by atoms with Gasteiger partial charge in [-0.05, 0) is 42.5 Å². The van der Waals surface area contributed by atoms with Crippen molar-refractivity contribution in [2.75, 3.05) is 13.1 Å². The number of nitrogens with zero attached hydrogens (tertiary/aromatic N) is 1. The van der Waals surface area contributed by atoms with E-state index in [9.17, 15) is 26.4 Å². The van der Waals surface area contributed by atoms with Gasteiger partial charge in [-0.25, -0.2) is 13.1 Å². The molecule has 158 valence electrons. The van der Waals surface area contributed by atoms with Crippen molar-refractivity contribution in [3.05, 3.63) is 29.8 Å². The van der Waals surface area contributed by atoms with Crippen LogP contribution in [0.4, 0.5) is 13.2 Å². The molecule has 1 saturated heterocycles. The van der Waals surface area contributed by atoms with E-state index in [1.54, 1.807) is 4.90 Å². The molecular weight excluding hydrogens is 395 g/mol. The topological polar surface area (TPSA) is 92.5 Å². The van der Waals surface area contributed by atoms with Crippen LogP contribution in [-0.4, -0.2) is 44.4 Å². The first-order valence-corrected chi connectivity index (χ1v) is 10.4. The van der Waals surface area contributed by atoms with Gasteiger partial charge in [-0.2, -0.15) is 13.2 Å². The number of rotatable bonds is 4. The zero-order valence-corrected chi connectivity index (χ0v) is 16.9. The first kappa shape index (κ1) is 22.6. The normalized spacial score (nSPS) is 18.2. The summed E-state index contributed by atoms with van der Waals surface area (Å²) in [5, 5.41) is 0. The predicted octanol–water partition coefficient (Wildman–Crippen LogP) is 2.35. The molecule has 1 aromatic carbocycles. The molecule has 0 saturated carbocycles. The van der Waals surface area contributed by atoms with Crippen LogP contribution in [0.1, 0.15) is 39.2 Å². The standard InChI is InChI=1S/C18H26F3N3O3S/c1-17(2,3)15(22)16(25)24-10-8-13(9-11-24)23-28(26,27)14-6-4-12(5-7-14)18(19,20)21/h4-7,13,15,23H,8-11,22H2,1-3H3. The molecule has 0 spiro atoms. The Hall–Kier alpha value is -1.65. The molecule has 1 aliphatic heterocycles. The summed E-state index contributed by atoms with van der Waals surface area (Å²) >= 11 is 0. The molecule has 0 aromatic heterocycles. The highest BCUT2D eigenvalue weighted by molar-refractivity contribution is 7.89. The van der Waals surface area contributed by atoms with E-state index in [2.05, 4.69) is 4.72 Å². The second-order valence-corrected chi connectivity index (χ2v) is 9.80. The number of piperidine rings is 1. The summed E-state index contributed by atoms with van der Waals surface area (Å²) in [6.45, 7) is 6.35. The molecule has 6 nitrogen and oxygen atoms in total.